The molecule has 0 aliphatic carbocycles. The minimum atomic E-state index is -0.742. The molecule has 8 heteroatoms. The number of unbranched alkanes of at least 4 members (excludes halogenated alkanes) is 1. The smallest absolute Gasteiger partial charge is 0.295 e. The average Bonchev–Trinajstić information content (AvgIpc) is 3.09. The van der Waals surface area contributed by atoms with Crippen LogP contribution in [0.15, 0.2) is 48.3 Å². The first kappa shape index (κ1) is 25.2. The van der Waals surface area contributed by atoms with Crippen molar-refractivity contribution in [2.75, 3.05) is 40.9 Å². The van der Waals surface area contributed by atoms with Gasteiger partial charge in [-0.3, -0.25) is 14.6 Å². The van der Waals surface area contributed by atoms with Crippen LogP contribution in [0.1, 0.15) is 43.4 Å². The van der Waals surface area contributed by atoms with Gasteiger partial charge in [-0.2, -0.15) is 0 Å². The minimum Gasteiger partial charge on any atom is -0.507 e. The highest BCUT2D eigenvalue weighted by molar-refractivity contribution is 6.46. The molecule has 2 aromatic rings. The third-order valence-electron chi connectivity index (χ3n) is 5.76. The van der Waals surface area contributed by atoms with Gasteiger partial charge in [-0.15, -0.1) is 0 Å². The Morgan fingerprint density at radius 3 is 2.50 bits per heavy atom. The van der Waals surface area contributed by atoms with Gasteiger partial charge >= 0.3 is 0 Å². The van der Waals surface area contributed by atoms with E-state index in [2.05, 4.69) is 11.9 Å². The van der Waals surface area contributed by atoms with Crippen molar-refractivity contribution in [2.24, 2.45) is 0 Å². The molecule has 1 saturated heterocycles. The summed E-state index contributed by atoms with van der Waals surface area (Å²) in [5, 5.41) is 11.1. The van der Waals surface area contributed by atoms with Gasteiger partial charge in [-0.05, 0) is 63.3 Å². The molecule has 1 aromatic carbocycles. The van der Waals surface area contributed by atoms with Crippen LogP contribution in [0.3, 0.4) is 0 Å². The number of amides is 1. The van der Waals surface area contributed by atoms with Gasteiger partial charge in [0.1, 0.15) is 5.76 Å². The molecule has 182 valence electrons. The Balaban J connectivity index is 2.06. The fourth-order valence-electron chi connectivity index (χ4n) is 3.98. The van der Waals surface area contributed by atoms with Crippen molar-refractivity contribution in [3.63, 3.8) is 0 Å². The zero-order valence-electron chi connectivity index (χ0n) is 20.3. The number of aliphatic hydroxyl groups is 1. The fraction of sp³-hybridized carbons (Fsp3) is 0.423. The van der Waals surface area contributed by atoms with Gasteiger partial charge in [0.25, 0.3) is 11.7 Å². The molecule has 3 rings (SSSR count). The number of ketones is 1. The number of methoxy groups -OCH3 is 1. The minimum absolute atomic E-state index is 0.0581. The summed E-state index contributed by atoms with van der Waals surface area (Å²) in [5.41, 5.74) is 1.15. The Morgan fingerprint density at radius 2 is 1.85 bits per heavy atom. The van der Waals surface area contributed by atoms with Gasteiger partial charge in [0.05, 0.1) is 25.3 Å². The quantitative estimate of drug-likeness (QED) is 0.233. The topological polar surface area (TPSA) is 92.2 Å². The highest BCUT2D eigenvalue weighted by atomic mass is 16.5. The number of hydrogen-bond acceptors (Lipinski definition) is 7. The molecule has 0 spiro atoms. The number of likely N-dealkylation sites (tertiary alicyclic amines) is 1. The summed E-state index contributed by atoms with van der Waals surface area (Å²) in [6.07, 6.45) is 5.67. The van der Waals surface area contributed by atoms with Crippen LogP contribution in [0, 0.1) is 0 Å². The van der Waals surface area contributed by atoms with Gasteiger partial charge < -0.3 is 24.4 Å². The molecule has 1 amide bonds. The molecule has 1 N–H and O–H groups in total. The maximum Gasteiger partial charge on any atom is 0.295 e. The monoisotopic (exact) mass is 467 g/mol. The Bertz CT molecular complexity index is 1040. The van der Waals surface area contributed by atoms with E-state index >= 15 is 0 Å². The van der Waals surface area contributed by atoms with Crippen LogP contribution in [-0.4, -0.2) is 72.5 Å². The maximum absolute atomic E-state index is 13.1. The number of rotatable bonds is 11. The number of benzene rings is 1. The normalized spacial score (nSPS) is 17.4. The number of hydrogen-bond donors (Lipinski definition) is 1. The lowest BCUT2D eigenvalue weighted by molar-refractivity contribution is -0.139. The van der Waals surface area contributed by atoms with E-state index in [9.17, 15) is 14.7 Å². The third-order valence-corrected chi connectivity index (χ3v) is 5.76. The predicted octanol–water partition coefficient (Wildman–Crippen LogP) is 3.64. The molecular weight excluding hydrogens is 434 g/mol. The first-order chi connectivity index (χ1) is 16.4. The SMILES string of the molecule is CCCCOc1ccc(C2/C(=C(\O)c3ccncc3)C(=O)C(=O)N2CCCN(C)C)cc1OC. The summed E-state index contributed by atoms with van der Waals surface area (Å²) in [6, 6.07) is 7.86. The summed E-state index contributed by atoms with van der Waals surface area (Å²) in [7, 11) is 5.46. The van der Waals surface area contributed by atoms with Gasteiger partial charge in [0, 0.05) is 24.5 Å². The van der Waals surface area contributed by atoms with Crippen LogP contribution in [0.5, 0.6) is 11.5 Å². The molecule has 2 heterocycles. The molecular formula is C26H33N3O5. The van der Waals surface area contributed by atoms with E-state index in [0.29, 0.717) is 42.2 Å². The molecule has 34 heavy (non-hydrogen) atoms. The number of nitrogens with zero attached hydrogens (tertiary/aromatic N) is 3. The van der Waals surface area contributed by atoms with Crippen LogP contribution in [0.25, 0.3) is 5.76 Å². The van der Waals surface area contributed by atoms with E-state index in [1.54, 1.807) is 31.4 Å². The van der Waals surface area contributed by atoms with Crippen LogP contribution in [0.4, 0.5) is 0 Å². The van der Waals surface area contributed by atoms with Gasteiger partial charge in [0.2, 0.25) is 0 Å². The van der Waals surface area contributed by atoms with Crippen molar-refractivity contribution in [3.8, 4) is 11.5 Å². The van der Waals surface area contributed by atoms with Crippen molar-refractivity contribution in [1.82, 2.24) is 14.8 Å². The lowest BCUT2D eigenvalue weighted by Crippen LogP contribution is -2.32. The zero-order valence-corrected chi connectivity index (χ0v) is 20.3. The first-order valence-corrected chi connectivity index (χ1v) is 11.5. The summed E-state index contributed by atoms with van der Waals surface area (Å²) < 4.78 is 11.4. The van der Waals surface area contributed by atoms with Crippen molar-refractivity contribution in [1.29, 1.82) is 0 Å². The molecule has 0 bridgehead atoms. The van der Waals surface area contributed by atoms with Crippen molar-refractivity contribution in [2.45, 2.75) is 32.2 Å². The van der Waals surface area contributed by atoms with E-state index in [1.807, 2.05) is 25.1 Å². The largest absolute Gasteiger partial charge is 0.507 e. The summed E-state index contributed by atoms with van der Waals surface area (Å²) in [4.78, 5) is 33.7. The predicted molar refractivity (Wildman–Crippen MR) is 130 cm³/mol. The number of carbonyl (C=O) groups excluding carboxylic acids is 2. The van der Waals surface area contributed by atoms with E-state index in [1.165, 1.54) is 17.3 Å². The van der Waals surface area contributed by atoms with E-state index in [4.69, 9.17) is 9.47 Å². The van der Waals surface area contributed by atoms with Gasteiger partial charge in [0.15, 0.2) is 11.5 Å². The number of ether oxygens (including phenoxy) is 2. The third kappa shape index (κ3) is 5.56. The lowest BCUT2D eigenvalue weighted by atomic mass is 9.95. The molecule has 1 aliphatic heterocycles. The second-order valence-corrected chi connectivity index (χ2v) is 8.50. The Kier molecular flexibility index (Phi) is 8.65. The molecule has 8 nitrogen and oxygen atoms in total. The number of Topliss-reactive ketones (excluding diaryl/α,β-unsaturated/α-hetero) is 1. The van der Waals surface area contributed by atoms with E-state index in [-0.39, 0.29) is 11.3 Å². The fourth-order valence-corrected chi connectivity index (χ4v) is 3.98. The maximum atomic E-state index is 13.1. The van der Waals surface area contributed by atoms with E-state index < -0.39 is 17.7 Å². The second-order valence-electron chi connectivity index (χ2n) is 8.50. The van der Waals surface area contributed by atoms with E-state index in [0.717, 1.165) is 19.4 Å². The second kappa shape index (κ2) is 11.7. The first-order valence-electron chi connectivity index (χ1n) is 11.5. The van der Waals surface area contributed by atoms with Gasteiger partial charge in [-0.1, -0.05) is 19.4 Å². The summed E-state index contributed by atoms with van der Waals surface area (Å²) in [5.74, 6) is -0.439. The Hall–Kier alpha value is -3.39. The Labute approximate surface area is 200 Å². The summed E-state index contributed by atoms with van der Waals surface area (Å²) in [6.45, 7) is 3.79. The van der Waals surface area contributed by atoms with Crippen LogP contribution < -0.4 is 9.47 Å². The standard InChI is InChI=1S/C26H33N3O5/c1-5-6-16-34-20-9-8-19(17-21(20)33-4)23-22(24(30)18-10-12-27-13-11-18)25(31)26(32)29(23)15-7-14-28(2)3/h8-13,17,23,30H,5-7,14-16H2,1-4H3/b24-22+. The molecule has 1 atom stereocenters. The highest BCUT2D eigenvalue weighted by Gasteiger charge is 2.46. The number of carbonyl (C=O) groups is 2. The molecule has 0 saturated carbocycles. The average molecular weight is 468 g/mol. The molecule has 1 aliphatic rings. The van der Waals surface area contributed by atoms with Crippen LogP contribution >= 0.6 is 0 Å². The summed E-state index contributed by atoms with van der Waals surface area (Å²) >= 11 is 0. The molecule has 1 aromatic heterocycles. The van der Waals surface area contributed by atoms with Crippen molar-refractivity contribution >= 4 is 17.4 Å². The Morgan fingerprint density at radius 1 is 1.12 bits per heavy atom. The highest BCUT2D eigenvalue weighted by Crippen LogP contribution is 2.42. The number of pyridine rings is 1. The van der Waals surface area contributed by atoms with Crippen molar-refractivity contribution < 1.29 is 24.2 Å². The molecule has 1 fully saturated rings. The van der Waals surface area contributed by atoms with Crippen molar-refractivity contribution in [3.05, 3.63) is 59.4 Å². The zero-order chi connectivity index (χ0) is 24.7. The van der Waals surface area contributed by atoms with Gasteiger partial charge in [-0.25, -0.2) is 0 Å². The number of aliphatic hydroxyl groups excluding tert-OH is 1. The lowest BCUT2D eigenvalue weighted by Gasteiger charge is -2.26. The molecule has 1 unspecified atom stereocenters. The number of aromatic nitrogens is 1. The van der Waals surface area contributed by atoms with Crippen LogP contribution in [-0.2, 0) is 9.59 Å². The van der Waals surface area contributed by atoms with Crippen LogP contribution in [0.2, 0.25) is 0 Å². The molecule has 0 radical (unpaired) electrons.